The molecule has 0 radical (unpaired) electrons. The summed E-state index contributed by atoms with van der Waals surface area (Å²) in [5.41, 5.74) is 2.32. The lowest BCUT2D eigenvalue weighted by molar-refractivity contribution is 0.467. The van der Waals surface area contributed by atoms with Gasteiger partial charge < -0.3 is 5.11 Å². The van der Waals surface area contributed by atoms with E-state index in [0.29, 0.717) is 5.75 Å². The molecule has 1 aliphatic carbocycles. The van der Waals surface area contributed by atoms with Crippen LogP contribution in [0.4, 0.5) is 0 Å². The molecule has 0 fully saturated rings. The van der Waals surface area contributed by atoms with Gasteiger partial charge in [-0.25, -0.2) is 0 Å². The molecule has 0 aromatic heterocycles. The molecule has 1 unspecified atom stereocenters. The van der Waals surface area contributed by atoms with Crippen LogP contribution in [0.25, 0.3) is 0 Å². The van der Waals surface area contributed by atoms with Crippen LogP contribution in [0, 0.1) is 0 Å². The van der Waals surface area contributed by atoms with Crippen LogP contribution in [0.15, 0.2) is 18.2 Å². The summed E-state index contributed by atoms with van der Waals surface area (Å²) >= 11 is 6.11. The summed E-state index contributed by atoms with van der Waals surface area (Å²) in [5.74, 6) is 0.407. The number of rotatable bonds is 0. The Morgan fingerprint density at radius 3 is 3.08 bits per heavy atom. The highest BCUT2D eigenvalue weighted by molar-refractivity contribution is 6.20. The number of hydrogen-bond donors (Lipinski definition) is 1. The van der Waals surface area contributed by atoms with Gasteiger partial charge in [0.2, 0.25) is 0 Å². The molecule has 13 heavy (non-hydrogen) atoms. The zero-order valence-electron chi connectivity index (χ0n) is 7.46. The van der Waals surface area contributed by atoms with E-state index in [2.05, 4.69) is 6.07 Å². The number of hydrogen-bond acceptors (Lipinski definition) is 1. The van der Waals surface area contributed by atoms with Crippen LogP contribution in [0.3, 0.4) is 0 Å². The van der Waals surface area contributed by atoms with E-state index in [1.165, 1.54) is 5.56 Å². The van der Waals surface area contributed by atoms with Crippen LogP contribution < -0.4 is 0 Å². The van der Waals surface area contributed by atoms with Gasteiger partial charge >= 0.3 is 0 Å². The first kappa shape index (κ1) is 8.89. The third-order valence-electron chi connectivity index (χ3n) is 2.64. The van der Waals surface area contributed by atoms with Gasteiger partial charge in [-0.2, -0.15) is 0 Å². The van der Waals surface area contributed by atoms with E-state index >= 15 is 0 Å². The molecule has 0 amide bonds. The summed E-state index contributed by atoms with van der Waals surface area (Å²) in [7, 11) is 0. The lowest BCUT2D eigenvalue weighted by Crippen LogP contribution is -2.01. The number of phenols is 1. The van der Waals surface area contributed by atoms with Crippen LogP contribution in [0.5, 0.6) is 5.75 Å². The Hall–Kier alpha value is -0.690. The van der Waals surface area contributed by atoms with Gasteiger partial charge in [-0.3, -0.25) is 0 Å². The van der Waals surface area contributed by atoms with E-state index in [-0.39, 0.29) is 5.38 Å². The molecule has 0 saturated heterocycles. The number of benzene rings is 1. The predicted octanol–water partition coefficient (Wildman–Crippen LogP) is 2.88. The summed E-state index contributed by atoms with van der Waals surface area (Å²) in [6.45, 7) is 0. The summed E-state index contributed by atoms with van der Waals surface area (Å²) in [6, 6.07) is 5.74. The van der Waals surface area contributed by atoms with Crippen LogP contribution in [-0.2, 0) is 12.8 Å². The molecule has 1 nitrogen and oxygen atoms in total. The first-order chi connectivity index (χ1) is 6.27. The van der Waals surface area contributed by atoms with Crippen LogP contribution in [-0.4, -0.2) is 10.5 Å². The molecular formula is C11H13ClO. The first-order valence-electron chi connectivity index (χ1n) is 4.71. The highest BCUT2D eigenvalue weighted by Gasteiger charge is 2.16. The molecule has 2 heteroatoms. The van der Waals surface area contributed by atoms with E-state index < -0.39 is 0 Å². The van der Waals surface area contributed by atoms with E-state index in [1.54, 1.807) is 6.07 Å². The maximum Gasteiger partial charge on any atom is 0.119 e. The van der Waals surface area contributed by atoms with Gasteiger partial charge in [0.1, 0.15) is 5.75 Å². The smallest absolute Gasteiger partial charge is 0.119 e. The average molecular weight is 197 g/mol. The Labute approximate surface area is 83.3 Å². The third kappa shape index (κ3) is 1.80. The summed E-state index contributed by atoms with van der Waals surface area (Å²) in [4.78, 5) is 0. The Morgan fingerprint density at radius 2 is 2.23 bits per heavy atom. The second-order valence-electron chi connectivity index (χ2n) is 3.61. The van der Waals surface area contributed by atoms with Crippen molar-refractivity contribution in [3.63, 3.8) is 0 Å². The van der Waals surface area contributed by atoms with Crippen molar-refractivity contribution < 1.29 is 5.11 Å². The predicted molar refractivity (Wildman–Crippen MR) is 54.4 cm³/mol. The highest BCUT2D eigenvalue weighted by Crippen LogP contribution is 2.29. The minimum absolute atomic E-state index is 0.189. The van der Waals surface area contributed by atoms with Crippen molar-refractivity contribution in [2.24, 2.45) is 0 Å². The molecule has 0 saturated carbocycles. The van der Waals surface area contributed by atoms with Gasteiger partial charge in [0, 0.05) is 5.38 Å². The minimum atomic E-state index is 0.189. The van der Waals surface area contributed by atoms with Gasteiger partial charge in [-0.1, -0.05) is 12.1 Å². The number of aromatic hydroxyl groups is 1. The standard InChI is InChI=1S/C11H13ClO/c12-9-5-1-3-8-4-2-6-11(13)10(8)7-9/h2,4,6,9,13H,1,3,5,7H2. The molecular weight excluding hydrogens is 184 g/mol. The summed E-state index contributed by atoms with van der Waals surface area (Å²) in [6.07, 6.45) is 4.04. The fraction of sp³-hybridized carbons (Fsp3) is 0.455. The largest absolute Gasteiger partial charge is 0.508 e. The van der Waals surface area contributed by atoms with Crippen LogP contribution in [0.1, 0.15) is 24.0 Å². The molecule has 0 bridgehead atoms. The van der Waals surface area contributed by atoms with Crippen molar-refractivity contribution in [1.82, 2.24) is 0 Å². The van der Waals surface area contributed by atoms with Crippen molar-refractivity contribution in [2.45, 2.75) is 31.1 Å². The molecule has 0 heterocycles. The van der Waals surface area contributed by atoms with Crippen molar-refractivity contribution in [1.29, 1.82) is 0 Å². The van der Waals surface area contributed by atoms with Crippen LogP contribution in [0.2, 0.25) is 0 Å². The SMILES string of the molecule is Oc1cccc2c1CC(Cl)CCC2. The number of fused-ring (bicyclic) bond motifs is 1. The quantitative estimate of drug-likeness (QED) is 0.500. The topological polar surface area (TPSA) is 20.2 Å². The Morgan fingerprint density at radius 1 is 1.38 bits per heavy atom. The molecule has 2 rings (SSSR count). The number of alkyl halides is 1. The second kappa shape index (κ2) is 3.59. The minimum Gasteiger partial charge on any atom is -0.508 e. The fourth-order valence-corrected chi connectivity index (χ4v) is 2.24. The zero-order chi connectivity index (χ0) is 9.26. The number of aryl methyl sites for hydroxylation is 1. The average Bonchev–Trinajstić information content (AvgIpc) is 2.28. The molecule has 1 N–H and O–H groups in total. The first-order valence-corrected chi connectivity index (χ1v) is 5.15. The Kier molecular flexibility index (Phi) is 2.45. The molecule has 1 aliphatic rings. The zero-order valence-corrected chi connectivity index (χ0v) is 8.22. The van der Waals surface area contributed by atoms with Crippen molar-refractivity contribution in [3.8, 4) is 5.75 Å². The summed E-state index contributed by atoms with van der Waals surface area (Å²) in [5, 5.41) is 9.83. The second-order valence-corrected chi connectivity index (χ2v) is 4.23. The lowest BCUT2D eigenvalue weighted by Gasteiger charge is -2.08. The molecule has 1 aromatic rings. The normalized spacial score (nSPS) is 22.1. The van der Waals surface area contributed by atoms with Gasteiger partial charge in [0.25, 0.3) is 0 Å². The van der Waals surface area contributed by atoms with Gasteiger partial charge in [0.15, 0.2) is 0 Å². The van der Waals surface area contributed by atoms with Crippen molar-refractivity contribution in [3.05, 3.63) is 29.3 Å². The molecule has 1 aromatic carbocycles. The van der Waals surface area contributed by atoms with E-state index in [4.69, 9.17) is 11.6 Å². The van der Waals surface area contributed by atoms with E-state index in [1.807, 2.05) is 6.07 Å². The highest BCUT2D eigenvalue weighted by atomic mass is 35.5. The maximum absolute atomic E-state index is 9.64. The van der Waals surface area contributed by atoms with Crippen molar-refractivity contribution >= 4 is 11.6 Å². The maximum atomic E-state index is 9.64. The van der Waals surface area contributed by atoms with E-state index in [0.717, 1.165) is 31.2 Å². The number of phenolic OH excluding ortho intramolecular Hbond substituents is 1. The Bertz CT molecular complexity index is 309. The third-order valence-corrected chi connectivity index (χ3v) is 3.01. The molecule has 0 aliphatic heterocycles. The monoisotopic (exact) mass is 196 g/mol. The van der Waals surface area contributed by atoms with Gasteiger partial charge in [-0.15, -0.1) is 11.6 Å². The summed E-state index contributed by atoms with van der Waals surface area (Å²) < 4.78 is 0. The molecule has 70 valence electrons. The fourth-order valence-electron chi connectivity index (χ4n) is 1.93. The van der Waals surface area contributed by atoms with Crippen molar-refractivity contribution in [2.75, 3.05) is 0 Å². The number of halogens is 1. The molecule has 1 atom stereocenters. The van der Waals surface area contributed by atoms with Crippen LogP contribution >= 0.6 is 11.6 Å². The lowest BCUT2D eigenvalue weighted by atomic mass is 10.0. The van der Waals surface area contributed by atoms with E-state index in [9.17, 15) is 5.11 Å². The Balaban J connectivity index is 2.40. The van der Waals surface area contributed by atoms with Gasteiger partial charge in [0.05, 0.1) is 0 Å². The molecule has 0 spiro atoms. The van der Waals surface area contributed by atoms with Gasteiger partial charge in [-0.05, 0) is 42.9 Å².